The number of halogens is 3. The number of esters is 1. The van der Waals surface area contributed by atoms with Crippen LogP contribution in [0.1, 0.15) is 38.5 Å². The highest BCUT2D eigenvalue weighted by atomic mass is 19.4. The maximum atomic E-state index is 12.6. The molecule has 1 saturated heterocycles. The molecule has 2 rings (SSSR count). The molecular formula is C16H23F3N2O5. The van der Waals surface area contributed by atoms with Crippen LogP contribution in [0.15, 0.2) is 0 Å². The first-order chi connectivity index (χ1) is 12.2. The lowest BCUT2D eigenvalue weighted by atomic mass is 9.84. The molecular weight excluding hydrogens is 357 g/mol. The van der Waals surface area contributed by atoms with E-state index in [0.717, 1.165) is 25.7 Å². The van der Waals surface area contributed by atoms with Crippen LogP contribution in [0.4, 0.5) is 18.0 Å². The van der Waals surface area contributed by atoms with E-state index >= 15 is 0 Å². The summed E-state index contributed by atoms with van der Waals surface area (Å²) in [6, 6.07) is -0.671. The summed E-state index contributed by atoms with van der Waals surface area (Å²) in [5, 5.41) is 2.11. The zero-order chi connectivity index (χ0) is 19.3. The van der Waals surface area contributed by atoms with Gasteiger partial charge in [-0.1, -0.05) is 12.8 Å². The first-order valence-corrected chi connectivity index (χ1v) is 8.59. The van der Waals surface area contributed by atoms with E-state index in [9.17, 15) is 27.6 Å². The van der Waals surface area contributed by atoms with Crippen LogP contribution in [0, 0.1) is 5.92 Å². The Morgan fingerprint density at radius 2 is 1.88 bits per heavy atom. The molecule has 148 valence electrons. The fourth-order valence-electron chi connectivity index (χ4n) is 3.76. The lowest BCUT2D eigenvalue weighted by molar-refractivity contribution is -0.160. The number of fused-ring (bicyclic) bond motifs is 1. The molecule has 0 unspecified atom stereocenters. The molecule has 0 aromatic rings. The number of alkyl carbamates (subject to hydrolysis) is 1. The largest absolute Gasteiger partial charge is 0.467 e. The minimum Gasteiger partial charge on any atom is -0.467 e. The van der Waals surface area contributed by atoms with Gasteiger partial charge in [0.25, 0.3) is 0 Å². The molecule has 2 aliphatic rings. The third-order valence-electron chi connectivity index (χ3n) is 4.82. The molecule has 3 atom stereocenters. The van der Waals surface area contributed by atoms with Gasteiger partial charge in [-0.2, -0.15) is 13.2 Å². The molecule has 1 N–H and O–H groups in total. The molecule has 1 heterocycles. The average Bonchev–Trinajstić information content (AvgIpc) is 2.98. The van der Waals surface area contributed by atoms with Gasteiger partial charge in [0.2, 0.25) is 5.91 Å². The van der Waals surface area contributed by atoms with E-state index in [2.05, 4.69) is 10.1 Å². The zero-order valence-electron chi connectivity index (χ0n) is 14.5. The topological polar surface area (TPSA) is 84.9 Å². The number of hydrogen-bond acceptors (Lipinski definition) is 5. The number of amides is 2. The van der Waals surface area contributed by atoms with Crippen LogP contribution in [-0.2, 0) is 19.1 Å². The minimum atomic E-state index is -4.60. The highest BCUT2D eigenvalue weighted by molar-refractivity contribution is 5.86. The molecule has 1 aliphatic carbocycles. The molecule has 26 heavy (non-hydrogen) atoms. The van der Waals surface area contributed by atoms with Gasteiger partial charge in [0.15, 0.2) is 6.61 Å². The summed E-state index contributed by atoms with van der Waals surface area (Å²) in [5.74, 6) is -0.544. The van der Waals surface area contributed by atoms with Crippen LogP contribution in [-0.4, -0.2) is 61.4 Å². The maximum Gasteiger partial charge on any atom is 0.422 e. The summed E-state index contributed by atoms with van der Waals surface area (Å²) in [6.07, 6.45) is -1.62. The van der Waals surface area contributed by atoms with Crippen LogP contribution in [0.25, 0.3) is 0 Å². The number of likely N-dealkylation sites (tertiary alicyclic amines) is 1. The predicted molar refractivity (Wildman–Crippen MR) is 83.0 cm³/mol. The van der Waals surface area contributed by atoms with E-state index in [1.807, 2.05) is 0 Å². The number of carbonyl (C=O) groups is 3. The number of methoxy groups -OCH3 is 1. The van der Waals surface area contributed by atoms with Gasteiger partial charge in [0.1, 0.15) is 6.04 Å². The second-order valence-electron chi connectivity index (χ2n) is 6.56. The van der Waals surface area contributed by atoms with Gasteiger partial charge in [-0.15, -0.1) is 0 Å². The summed E-state index contributed by atoms with van der Waals surface area (Å²) in [5.41, 5.74) is 0. The fourth-order valence-corrected chi connectivity index (χ4v) is 3.76. The molecule has 0 radical (unpaired) electrons. The lowest BCUT2D eigenvalue weighted by Crippen LogP contribution is -2.47. The van der Waals surface area contributed by atoms with E-state index < -0.39 is 30.9 Å². The van der Waals surface area contributed by atoms with Gasteiger partial charge in [-0.25, -0.2) is 9.59 Å². The number of nitrogens with one attached hydrogen (secondary N) is 1. The molecule has 2 amide bonds. The second kappa shape index (κ2) is 8.59. The van der Waals surface area contributed by atoms with Crippen molar-refractivity contribution in [3.8, 4) is 0 Å². The van der Waals surface area contributed by atoms with Crippen molar-refractivity contribution in [2.75, 3.05) is 20.3 Å². The summed E-state index contributed by atoms with van der Waals surface area (Å²) in [6.45, 7) is -1.86. The highest BCUT2D eigenvalue weighted by Gasteiger charge is 2.47. The number of ether oxygens (including phenoxy) is 2. The molecule has 7 nitrogen and oxygen atoms in total. The number of hydrogen-bond donors (Lipinski definition) is 1. The standard InChI is InChI=1S/C16H23F3N2O5/c1-25-14(23)12-8-10-4-2-3-5-11(10)21(12)13(22)6-7-20-15(24)26-9-16(17,18)19/h10-12H,2-9H2,1H3,(H,20,24)/t10-,11+,12+/m1/s1. The maximum absolute atomic E-state index is 12.6. The molecule has 0 aromatic heterocycles. The molecule has 0 spiro atoms. The Morgan fingerprint density at radius 1 is 1.19 bits per heavy atom. The van der Waals surface area contributed by atoms with Crippen molar-refractivity contribution < 1.29 is 37.0 Å². The Morgan fingerprint density at radius 3 is 2.54 bits per heavy atom. The van der Waals surface area contributed by atoms with Crippen molar-refractivity contribution in [1.29, 1.82) is 0 Å². The van der Waals surface area contributed by atoms with E-state index in [4.69, 9.17) is 4.74 Å². The number of nitrogens with zero attached hydrogens (tertiary/aromatic N) is 1. The van der Waals surface area contributed by atoms with Gasteiger partial charge < -0.3 is 19.7 Å². The van der Waals surface area contributed by atoms with Crippen molar-refractivity contribution in [3.05, 3.63) is 0 Å². The van der Waals surface area contributed by atoms with Crippen molar-refractivity contribution in [2.45, 2.75) is 56.8 Å². The van der Waals surface area contributed by atoms with Gasteiger partial charge in [0, 0.05) is 19.0 Å². The van der Waals surface area contributed by atoms with E-state index in [-0.39, 0.29) is 30.8 Å². The zero-order valence-corrected chi connectivity index (χ0v) is 14.5. The molecule has 0 aromatic carbocycles. The third-order valence-corrected chi connectivity index (χ3v) is 4.82. The van der Waals surface area contributed by atoms with E-state index in [1.165, 1.54) is 7.11 Å². The van der Waals surface area contributed by atoms with Crippen molar-refractivity contribution in [3.63, 3.8) is 0 Å². The van der Waals surface area contributed by atoms with E-state index in [0.29, 0.717) is 6.42 Å². The second-order valence-corrected chi connectivity index (χ2v) is 6.56. The Bertz CT molecular complexity index is 540. The molecule has 10 heteroatoms. The van der Waals surface area contributed by atoms with Gasteiger partial charge in [-0.05, 0) is 25.2 Å². The first-order valence-electron chi connectivity index (χ1n) is 8.59. The molecule has 1 aliphatic heterocycles. The molecule has 0 bridgehead atoms. The van der Waals surface area contributed by atoms with Crippen LogP contribution >= 0.6 is 0 Å². The number of carbonyl (C=O) groups excluding carboxylic acids is 3. The van der Waals surface area contributed by atoms with Crippen LogP contribution in [0.3, 0.4) is 0 Å². The van der Waals surface area contributed by atoms with Gasteiger partial charge >= 0.3 is 18.2 Å². The lowest BCUT2D eigenvalue weighted by Gasteiger charge is -2.33. The van der Waals surface area contributed by atoms with Crippen molar-refractivity contribution >= 4 is 18.0 Å². The Labute approximate surface area is 149 Å². The Balaban J connectivity index is 1.87. The first kappa shape index (κ1) is 20.3. The summed E-state index contributed by atoms with van der Waals surface area (Å²) >= 11 is 0. The summed E-state index contributed by atoms with van der Waals surface area (Å²) in [7, 11) is 1.27. The van der Waals surface area contributed by atoms with Crippen LogP contribution in [0.2, 0.25) is 0 Å². The van der Waals surface area contributed by atoms with E-state index in [1.54, 1.807) is 4.90 Å². The van der Waals surface area contributed by atoms with Gasteiger partial charge in [0.05, 0.1) is 7.11 Å². The SMILES string of the molecule is COC(=O)[C@@H]1C[C@H]2CCCC[C@@H]2N1C(=O)CCNC(=O)OCC(F)(F)F. The monoisotopic (exact) mass is 380 g/mol. The highest BCUT2D eigenvalue weighted by Crippen LogP contribution is 2.40. The van der Waals surface area contributed by atoms with Crippen molar-refractivity contribution in [1.82, 2.24) is 10.2 Å². The average molecular weight is 380 g/mol. The number of alkyl halides is 3. The summed E-state index contributed by atoms with van der Waals surface area (Å²) < 4.78 is 44.7. The quantitative estimate of drug-likeness (QED) is 0.738. The van der Waals surface area contributed by atoms with Crippen LogP contribution in [0.5, 0.6) is 0 Å². The Hall–Kier alpha value is -2.00. The smallest absolute Gasteiger partial charge is 0.422 e. The summed E-state index contributed by atoms with van der Waals surface area (Å²) in [4.78, 5) is 37.3. The minimum absolute atomic E-state index is 0.0301. The fraction of sp³-hybridized carbons (Fsp3) is 0.812. The number of rotatable bonds is 5. The predicted octanol–water partition coefficient (Wildman–Crippen LogP) is 2.00. The molecule has 1 saturated carbocycles. The van der Waals surface area contributed by atoms with Crippen molar-refractivity contribution in [2.24, 2.45) is 5.92 Å². The normalized spacial score (nSPS) is 25.4. The Kier molecular flexibility index (Phi) is 6.71. The van der Waals surface area contributed by atoms with Crippen LogP contribution < -0.4 is 5.32 Å². The third kappa shape index (κ3) is 5.25. The molecule has 2 fully saturated rings. The van der Waals surface area contributed by atoms with Gasteiger partial charge in [-0.3, -0.25) is 4.79 Å².